The Morgan fingerprint density at radius 2 is 1.69 bits per heavy atom. The Morgan fingerprint density at radius 3 is 2.31 bits per heavy atom. The van der Waals surface area contributed by atoms with E-state index in [0.717, 1.165) is 5.56 Å². The molecule has 0 aliphatic rings. The van der Waals surface area contributed by atoms with Crippen LogP contribution in [0.5, 0.6) is 11.5 Å². The van der Waals surface area contributed by atoms with Crippen molar-refractivity contribution < 1.29 is 19.1 Å². The van der Waals surface area contributed by atoms with Crippen LogP contribution in [0.3, 0.4) is 0 Å². The summed E-state index contributed by atoms with van der Waals surface area (Å²) in [6.45, 7) is 1.33. The van der Waals surface area contributed by atoms with Gasteiger partial charge in [-0.25, -0.2) is 0 Å². The average molecular weight is 462 g/mol. The van der Waals surface area contributed by atoms with E-state index in [9.17, 15) is 9.59 Å². The number of hydrogen-bond acceptors (Lipinski definition) is 4. The summed E-state index contributed by atoms with van der Waals surface area (Å²) in [5.74, 6) is -0.227. The van der Waals surface area contributed by atoms with Crippen LogP contribution < -0.4 is 20.3 Å². The van der Waals surface area contributed by atoms with Crippen LogP contribution in [0.2, 0.25) is 10.0 Å². The van der Waals surface area contributed by atoms with Gasteiger partial charge >= 0.3 is 0 Å². The van der Waals surface area contributed by atoms with Crippen molar-refractivity contribution in [1.29, 1.82) is 0 Å². The molecule has 0 unspecified atom stereocenters. The number of nitrogens with one attached hydrogen (secondary N) is 2. The van der Waals surface area contributed by atoms with Crippen molar-refractivity contribution in [1.82, 2.24) is 10.9 Å². The number of rotatable bonds is 6. The maximum atomic E-state index is 11.8. The Balaban J connectivity index is 1.74. The van der Waals surface area contributed by atoms with Crippen molar-refractivity contribution >= 4 is 50.9 Å². The molecule has 6 nitrogen and oxygen atoms in total. The SMILES string of the molecule is Cc1cccc(OCC(=O)NNC(=O)COc2c(Cl)cc(Cl)cc2Br)c1. The first-order valence-electron chi connectivity index (χ1n) is 7.39. The average Bonchev–Trinajstić information content (AvgIpc) is 2.57. The standard InChI is InChI=1S/C17H15BrCl2N2O4/c1-10-3-2-4-12(5-10)25-8-15(23)21-22-16(24)9-26-17-13(18)6-11(19)7-14(17)20/h2-7H,8-9H2,1H3,(H,21,23)(H,22,24). The maximum absolute atomic E-state index is 11.8. The van der Waals surface area contributed by atoms with E-state index in [4.69, 9.17) is 32.7 Å². The van der Waals surface area contributed by atoms with Gasteiger partial charge in [0.15, 0.2) is 19.0 Å². The molecule has 26 heavy (non-hydrogen) atoms. The molecular formula is C17H15BrCl2N2O4. The van der Waals surface area contributed by atoms with Crippen LogP contribution in [0.15, 0.2) is 40.9 Å². The van der Waals surface area contributed by atoms with Crippen LogP contribution in [0.1, 0.15) is 5.56 Å². The summed E-state index contributed by atoms with van der Waals surface area (Å²) in [6, 6.07) is 10.4. The van der Waals surface area contributed by atoms with Crippen LogP contribution >= 0.6 is 39.1 Å². The fourth-order valence-electron chi connectivity index (χ4n) is 1.87. The van der Waals surface area contributed by atoms with E-state index in [0.29, 0.717) is 15.2 Å². The number of halogens is 3. The molecule has 0 aliphatic carbocycles. The molecule has 2 aromatic carbocycles. The number of ether oxygens (including phenoxy) is 2. The van der Waals surface area contributed by atoms with Gasteiger partial charge in [-0.05, 0) is 52.7 Å². The molecule has 0 saturated carbocycles. The van der Waals surface area contributed by atoms with Crippen molar-refractivity contribution in [2.45, 2.75) is 6.92 Å². The molecule has 0 bridgehead atoms. The third-order valence-corrected chi connectivity index (χ3v) is 4.10. The van der Waals surface area contributed by atoms with E-state index < -0.39 is 11.8 Å². The van der Waals surface area contributed by atoms with Crippen LogP contribution in [-0.4, -0.2) is 25.0 Å². The van der Waals surface area contributed by atoms with Crippen LogP contribution in [-0.2, 0) is 9.59 Å². The second-order valence-electron chi connectivity index (χ2n) is 5.19. The third kappa shape index (κ3) is 6.40. The summed E-state index contributed by atoms with van der Waals surface area (Å²) in [5, 5.41) is 0.687. The fraction of sp³-hybridized carbons (Fsp3) is 0.176. The predicted octanol–water partition coefficient (Wildman–Crippen LogP) is 3.67. The number of amides is 2. The molecule has 138 valence electrons. The lowest BCUT2D eigenvalue weighted by Gasteiger charge is -2.12. The summed E-state index contributed by atoms with van der Waals surface area (Å²) < 4.78 is 11.2. The van der Waals surface area contributed by atoms with Crippen LogP contribution in [0, 0.1) is 6.92 Å². The summed E-state index contributed by atoms with van der Waals surface area (Å²) in [6.07, 6.45) is 0. The van der Waals surface area contributed by atoms with Gasteiger partial charge in [-0.15, -0.1) is 0 Å². The normalized spacial score (nSPS) is 10.2. The van der Waals surface area contributed by atoms with Gasteiger partial charge in [0.2, 0.25) is 0 Å². The number of carbonyl (C=O) groups is 2. The van der Waals surface area contributed by atoms with E-state index in [1.54, 1.807) is 18.2 Å². The third-order valence-electron chi connectivity index (χ3n) is 3.01. The van der Waals surface area contributed by atoms with Gasteiger partial charge in [0.25, 0.3) is 11.8 Å². The number of benzene rings is 2. The second-order valence-corrected chi connectivity index (χ2v) is 6.89. The molecule has 0 radical (unpaired) electrons. The number of carbonyl (C=O) groups excluding carboxylic acids is 2. The van der Waals surface area contributed by atoms with E-state index in [2.05, 4.69) is 26.8 Å². The van der Waals surface area contributed by atoms with Gasteiger partial charge in [0.05, 0.1) is 9.50 Å². The molecule has 2 aromatic rings. The van der Waals surface area contributed by atoms with Gasteiger partial charge < -0.3 is 9.47 Å². The number of hydrazine groups is 1. The van der Waals surface area contributed by atoms with Crippen molar-refractivity contribution in [3.63, 3.8) is 0 Å². The molecule has 0 spiro atoms. The largest absolute Gasteiger partial charge is 0.484 e. The fourth-order valence-corrected chi connectivity index (χ4v) is 3.24. The maximum Gasteiger partial charge on any atom is 0.276 e. The number of aryl methyl sites for hydroxylation is 1. The molecular weight excluding hydrogens is 447 g/mol. The second kappa shape index (κ2) is 9.66. The molecule has 0 aliphatic heterocycles. The highest BCUT2D eigenvalue weighted by Gasteiger charge is 2.12. The smallest absolute Gasteiger partial charge is 0.276 e. The van der Waals surface area contributed by atoms with Crippen molar-refractivity contribution in [2.24, 2.45) is 0 Å². The minimum absolute atomic E-state index is 0.237. The molecule has 0 aromatic heterocycles. The van der Waals surface area contributed by atoms with E-state index in [-0.39, 0.29) is 24.0 Å². The molecule has 2 N–H and O–H groups in total. The summed E-state index contributed by atoms with van der Waals surface area (Å²) in [4.78, 5) is 23.4. The highest BCUT2D eigenvalue weighted by molar-refractivity contribution is 9.10. The molecule has 9 heteroatoms. The molecule has 0 fully saturated rings. The highest BCUT2D eigenvalue weighted by Crippen LogP contribution is 2.35. The van der Waals surface area contributed by atoms with E-state index >= 15 is 0 Å². The Morgan fingerprint density at radius 1 is 1.04 bits per heavy atom. The van der Waals surface area contributed by atoms with Gasteiger partial charge in [-0.3, -0.25) is 20.4 Å². The minimum atomic E-state index is -0.563. The molecule has 2 rings (SSSR count). The van der Waals surface area contributed by atoms with Gasteiger partial charge in [0.1, 0.15) is 5.75 Å². The molecule has 0 atom stereocenters. The van der Waals surface area contributed by atoms with Gasteiger partial charge in [-0.1, -0.05) is 35.3 Å². The van der Waals surface area contributed by atoms with E-state index in [1.807, 2.05) is 19.1 Å². The summed E-state index contributed by atoms with van der Waals surface area (Å²) in [7, 11) is 0. The van der Waals surface area contributed by atoms with Gasteiger partial charge in [-0.2, -0.15) is 0 Å². The zero-order valence-electron chi connectivity index (χ0n) is 13.6. The van der Waals surface area contributed by atoms with Gasteiger partial charge in [0, 0.05) is 5.02 Å². The van der Waals surface area contributed by atoms with Crippen molar-refractivity contribution in [2.75, 3.05) is 13.2 Å². The lowest BCUT2D eigenvalue weighted by Crippen LogP contribution is -2.45. The summed E-state index contributed by atoms with van der Waals surface area (Å²) in [5.41, 5.74) is 5.47. The topological polar surface area (TPSA) is 76.7 Å². The van der Waals surface area contributed by atoms with E-state index in [1.165, 1.54) is 6.07 Å². The Bertz CT molecular complexity index is 794. The predicted molar refractivity (Wildman–Crippen MR) is 103 cm³/mol. The summed E-state index contributed by atoms with van der Waals surface area (Å²) >= 11 is 15.1. The molecule has 2 amide bonds. The Labute approximate surface area is 168 Å². The van der Waals surface area contributed by atoms with Crippen LogP contribution in [0.25, 0.3) is 0 Å². The lowest BCUT2D eigenvalue weighted by molar-refractivity contribution is -0.131. The first-order chi connectivity index (χ1) is 12.3. The number of hydrogen-bond donors (Lipinski definition) is 2. The molecule has 0 saturated heterocycles. The highest BCUT2D eigenvalue weighted by atomic mass is 79.9. The minimum Gasteiger partial charge on any atom is -0.484 e. The van der Waals surface area contributed by atoms with Crippen molar-refractivity contribution in [3.05, 3.63) is 56.5 Å². The quantitative estimate of drug-likeness (QED) is 0.643. The Hall–Kier alpha value is -1.96. The van der Waals surface area contributed by atoms with Crippen LogP contribution in [0.4, 0.5) is 0 Å². The lowest BCUT2D eigenvalue weighted by atomic mass is 10.2. The monoisotopic (exact) mass is 460 g/mol. The Kier molecular flexibility index (Phi) is 7.56. The van der Waals surface area contributed by atoms with Crippen molar-refractivity contribution in [3.8, 4) is 11.5 Å². The zero-order valence-corrected chi connectivity index (χ0v) is 16.7. The first kappa shape index (κ1) is 20.4. The molecule has 0 heterocycles. The zero-order chi connectivity index (χ0) is 19.1. The first-order valence-corrected chi connectivity index (χ1v) is 8.94.